The molecule has 0 aromatic heterocycles. The van der Waals surface area contributed by atoms with E-state index in [1.54, 1.807) is 7.11 Å². The number of nitrogens with one attached hydrogen (secondary N) is 2. The molecule has 0 amide bonds. The van der Waals surface area contributed by atoms with Crippen molar-refractivity contribution in [2.24, 2.45) is 4.99 Å². The number of hydrogen-bond donors (Lipinski definition) is 2. The van der Waals surface area contributed by atoms with Crippen LogP contribution in [-0.2, 0) is 9.47 Å². The molecule has 0 bridgehead atoms. The molecule has 0 radical (unpaired) electrons. The summed E-state index contributed by atoms with van der Waals surface area (Å²) in [4.78, 5) is 4.58. The summed E-state index contributed by atoms with van der Waals surface area (Å²) < 4.78 is 16.2. The summed E-state index contributed by atoms with van der Waals surface area (Å²) in [5, 5.41) is 7.28. The van der Waals surface area contributed by atoms with Crippen LogP contribution < -0.4 is 15.4 Å². The average molecular weight is 514 g/mol. The van der Waals surface area contributed by atoms with Crippen LogP contribution in [0.4, 0.5) is 0 Å². The Hall–Kier alpha value is -0.770. The molecule has 1 unspecified atom stereocenters. The number of guanidine groups is 1. The molecule has 0 aliphatic heterocycles. The molecule has 0 fully saturated rings. The van der Waals surface area contributed by atoms with Gasteiger partial charge in [-0.3, -0.25) is 0 Å². The number of aliphatic imine (C=N–C) groups is 1. The third-order valence-corrected chi connectivity index (χ3v) is 3.69. The second kappa shape index (κ2) is 17.3. The molecule has 0 saturated heterocycles. The molecule has 1 rings (SSSR count). The van der Waals surface area contributed by atoms with Gasteiger partial charge in [-0.05, 0) is 51.0 Å². The van der Waals surface area contributed by atoms with Crippen LogP contribution in [-0.4, -0.2) is 58.6 Å². The minimum Gasteiger partial charge on any atom is -0.489 e. The highest BCUT2D eigenvalue weighted by Gasteiger charge is 2.05. The number of methoxy groups -OCH3 is 1. The minimum atomic E-state index is -0.0270. The second-order valence-electron chi connectivity index (χ2n) is 5.84. The summed E-state index contributed by atoms with van der Waals surface area (Å²) in [6.45, 7) is 8.34. The van der Waals surface area contributed by atoms with Gasteiger partial charge in [-0.15, -0.1) is 24.0 Å². The van der Waals surface area contributed by atoms with Crippen molar-refractivity contribution in [3.8, 4) is 5.75 Å². The number of benzene rings is 1. The smallest absolute Gasteiger partial charge is 0.191 e. The van der Waals surface area contributed by atoms with E-state index in [1.807, 2.05) is 31.2 Å². The summed E-state index contributed by atoms with van der Waals surface area (Å²) in [6.07, 6.45) is 2.00. The third kappa shape index (κ3) is 14.0. The van der Waals surface area contributed by atoms with Crippen LogP contribution >= 0.6 is 35.6 Å². The number of unbranched alkanes of at least 4 members (excludes halogenated alkanes) is 1. The normalized spacial score (nSPS) is 12.2. The maximum absolute atomic E-state index is 5.88. The summed E-state index contributed by atoms with van der Waals surface area (Å²) in [5.74, 6) is 1.60. The number of rotatable bonds is 13. The Balaban J connectivity index is 0.00000676. The predicted octanol–water partition coefficient (Wildman–Crippen LogP) is 3.72. The first-order chi connectivity index (χ1) is 12.7. The lowest BCUT2D eigenvalue weighted by Gasteiger charge is -2.15. The van der Waals surface area contributed by atoms with Gasteiger partial charge < -0.3 is 24.8 Å². The van der Waals surface area contributed by atoms with Crippen molar-refractivity contribution < 1.29 is 14.2 Å². The lowest BCUT2D eigenvalue weighted by Crippen LogP contribution is -2.38. The topological polar surface area (TPSA) is 64.1 Å². The monoisotopic (exact) mass is 513 g/mol. The van der Waals surface area contributed by atoms with E-state index >= 15 is 0 Å². The fourth-order valence-electron chi connectivity index (χ4n) is 2.12. The van der Waals surface area contributed by atoms with Gasteiger partial charge in [0, 0.05) is 31.8 Å². The quantitative estimate of drug-likeness (QED) is 0.182. The van der Waals surface area contributed by atoms with Crippen molar-refractivity contribution in [3.63, 3.8) is 0 Å². The van der Waals surface area contributed by atoms with Gasteiger partial charge in [0.25, 0.3) is 0 Å². The van der Waals surface area contributed by atoms with Crippen molar-refractivity contribution >= 4 is 41.5 Å². The Morgan fingerprint density at radius 3 is 2.52 bits per heavy atom. The summed E-state index contributed by atoms with van der Waals surface area (Å²) in [7, 11) is 1.68. The molecule has 2 N–H and O–H groups in total. The highest BCUT2D eigenvalue weighted by molar-refractivity contribution is 14.0. The van der Waals surface area contributed by atoms with Crippen molar-refractivity contribution in [1.29, 1.82) is 0 Å². The Bertz CT molecular complexity index is 503. The van der Waals surface area contributed by atoms with E-state index in [4.69, 9.17) is 25.8 Å². The summed E-state index contributed by atoms with van der Waals surface area (Å²) in [5.41, 5.74) is 0. The zero-order chi connectivity index (χ0) is 19.0. The molecule has 0 aliphatic carbocycles. The maximum Gasteiger partial charge on any atom is 0.191 e. The molecular weight excluding hydrogens is 481 g/mol. The Labute approximate surface area is 185 Å². The van der Waals surface area contributed by atoms with Crippen LogP contribution in [0.5, 0.6) is 5.75 Å². The average Bonchev–Trinajstić information content (AvgIpc) is 2.63. The molecule has 27 heavy (non-hydrogen) atoms. The van der Waals surface area contributed by atoms with Crippen LogP contribution in [0, 0.1) is 0 Å². The zero-order valence-corrected chi connectivity index (χ0v) is 19.6. The molecule has 1 aromatic carbocycles. The van der Waals surface area contributed by atoms with Crippen LogP contribution in [0.25, 0.3) is 0 Å². The Kier molecular flexibility index (Phi) is 16.8. The maximum atomic E-state index is 5.88. The molecule has 1 aromatic rings. The van der Waals surface area contributed by atoms with E-state index in [1.165, 1.54) is 0 Å². The van der Waals surface area contributed by atoms with Gasteiger partial charge in [-0.25, -0.2) is 4.99 Å². The van der Waals surface area contributed by atoms with Crippen LogP contribution in [0.2, 0.25) is 5.02 Å². The van der Waals surface area contributed by atoms with E-state index < -0.39 is 0 Å². The van der Waals surface area contributed by atoms with Gasteiger partial charge in [-0.1, -0.05) is 11.6 Å². The fourth-order valence-corrected chi connectivity index (χ4v) is 2.25. The molecule has 1 atom stereocenters. The van der Waals surface area contributed by atoms with Gasteiger partial charge in [0.1, 0.15) is 11.9 Å². The molecule has 0 aliphatic rings. The van der Waals surface area contributed by atoms with E-state index in [0.29, 0.717) is 24.8 Å². The number of hydrogen-bond acceptors (Lipinski definition) is 4. The number of halogens is 2. The molecule has 8 heteroatoms. The van der Waals surface area contributed by atoms with Crippen molar-refractivity contribution in [1.82, 2.24) is 10.6 Å². The SMILES string of the molecule is CCNC(=NCC(C)Oc1ccc(Cl)cc1)NCCCCOCCOC.I. The highest BCUT2D eigenvalue weighted by Crippen LogP contribution is 2.16. The van der Waals surface area contributed by atoms with Crippen molar-refractivity contribution in [2.75, 3.05) is 46.6 Å². The fraction of sp³-hybridized carbons (Fsp3) is 0.632. The molecule has 6 nitrogen and oxygen atoms in total. The molecular formula is C19H33ClIN3O3. The molecule has 0 saturated carbocycles. The first kappa shape index (κ1) is 26.2. The van der Waals surface area contributed by atoms with Gasteiger partial charge in [0.05, 0.1) is 19.8 Å². The third-order valence-electron chi connectivity index (χ3n) is 3.44. The summed E-state index contributed by atoms with van der Waals surface area (Å²) in [6, 6.07) is 7.36. The molecule has 156 valence electrons. The van der Waals surface area contributed by atoms with Gasteiger partial charge in [-0.2, -0.15) is 0 Å². The van der Waals surface area contributed by atoms with Crippen molar-refractivity contribution in [3.05, 3.63) is 29.3 Å². The van der Waals surface area contributed by atoms with Crippen molar-refractivity contribution in [2.45, 2.75) is 32.8 Å². The van der Waals surface area contributed by atoms with Crippen LogP contribution in [0.1, 0.15) is 26.7 Å². The Morgan fingerprint density at radius 2 is 1.85 bits per heavy atom. The number of ether oxygens (including phenoxy) is 3. The first-order valence-corrected chi connectivity index (χ1v) is 9.54. The lowest BCUT2D eigenvalue weighted by atomic mass is 10.3. The largest absolute Gasteiger partial charge is 0.489 e. The highest BCUT2D eigenvalue weighted by atomic mass is 127. The second-order valence-corrected chi connectivity index (χ2v) is 6.28. The molecule has 0 spiro atoms. The first-order valence-electron chi connectivity index (χ1n) is 9.16. The van der Waals surface area contributed by atoms with E-state index in [9.17, 15) is 0 Å². The standard InChI is InChI=1S/C19H32ClN3O3.HI/c1-4-21-19(22-11-5-6-12-25-14-13-24-3)23-15-16(2)26-18-9-7-17(20)8-10-18;/h7-10,16H,4-6,11-15H2,1-3H3,(H2,21,22,23);1H. The Morgan fingerprint density at radius 1 is 1.11 bits per heavy atom. The van der Waals surface area contributed by atoms with Crippen LogP contribution in [0.15, 0.2) is 29.3 Å². The molecule has 0 heterocycles. The minimum absolute atomic E-state index is 0. The number of nitrogens with zero attached hydrogens (tertiary/aromatic N) is 1. The van der Waals surface area contributed by atoms with Gasteiger partial charge in [0.15, 0.2) is 5.96 Å². The van der Waals surface area contributed by atoms with Crippen LogP contribution in [0.3, 0.4) is 0 Å². The van der Waals surface area contributed by atoms with E-state index in [2.05, 4.69) is 22.5 Å². The van der Waals surface area contributed by atoms with Gasteiger partial charge >= 0.3 is 0 Å². The zero-order valence-electron chi connectivity index (χ0n) is 16.5. The van der Waals surface area contributed by atoms with Gasteiger partial charge in [0.2, 0.25) is 0 Å². The van der Waals surface area contributed by atoms with E-state index in [0.717, 1.165) is 44.2 Å². The van der Waals surface area contributed by atoms with E-state index in [-0.39, 0.29) is 30.1 Å². The summed E-state index contributed by atoms with van der Waals surface area (Å²) >= 11 is 5.88. The predicted molar refractivity (Wildman–Crippen MR) is 123 cm³/mol. The lowest BCUT2D eigenvalue weighted by molar-refractivity contribution is 0.0689.